The fourth-order valence-corrected chi connectivity index (χ4v) is 8.94. The van der Waals surface area contributed by atoms with Crippen molar-refractivity contribution in [3.63, 3.8) is 0 Å². The van der Waals surface area contributed by atoms with Crippen molar-refractivity contribution in [1.29, 1.82) is 0 Å². The van der Waals surface area contributed by atoms with E-state index in [9.17, 15) is 0 Å². The standard InChI is InChI=1S/3C17H35NS2.Cr/c3*1-5-9-11-15(7-3)13-18(17(19)20)14-16(8-4)12-10-6-2;/h3*15-16H,5-14H2,1-4H3,(H,19,20);/q;;;+3/p-3. The summed E-state index contributed by atoms with van der Waals surface area (Å²) < 4.78 is 2.03. The first kappa shape index (κ1) is 68.4. The van der Waals surface area contributed by atoms with Gasteiger partial charge in [0.05, 0.1) is 0 Å². The van der Waals surface area contributed by atoms with E-state index in [4.69, 9.17) is 74.5 Å². The Morgan fingerprint density at radius 3 is 0.525 bits per heavy atom. The van der Waals surface area contributed by atoms with Crippen LogP contribution in [0.3, 0.4) is 0 Å². The molecular formula is C51H102CrN3S6. The van der Waals surface area contributed by atoms with E-state index in [1.165, 1.54) is 154 Å². The molecular weight excluding hydrogens is 899 g/mol. The second-order valence-electron chi connectivity index (χ2n) is 18.0. The largest absolute Gasteiger partial charge is 3.00 e. The van der Waals surface area contributed by atoms with Crippen molar-refractivity contribution < 1.29 is 17.4 Å². The quantitative estimate of drug-likeness (QED) is 0.0445. The molecule has 0 N–H and O–H groups in total. The molecule has 0 rings (SSSR count). The van der Waals surface area contributed by atoms with Gasteiger partial charge in [0, 0.05) is 39.3 Å². The number of nitrogens with zero attached hydrogens (tertiary/aromatic N) is 3. The normalized spacial score (nSPS) is 13.8. The molecule has 0 aromatic rings. The molecule has 6 atom stereocenters. The molecule has 0 aliphatic heterocycles. The second-order valence-corrected chi connectivity index (χ2v) is 21.1. The summed E-state index contributed by atoms with van der Waals surface area (Å²) in [5.41, 5.74) is 0. The molecule has 0 spiro atoms. The first-order valence-corrected chi connectivity index (χ1v) is 28.1. The topological polar surface area (TPSA) is 9.72 Å². The summed E-state index contributed by atoms with van der Waals surface area (Å²) in [6.07, 6.45) is 30.9. The monoisotopic (exact) mass is 1000 g/mol. The molecule has 0 saturated carbocycles. The van der Waals surface area contributed by atoms with Gasteiger partial charge in [-0.25, -0.2) is 0 Å². The predicted octanol–water partition coefficient (Wildman–Crippen LogP) is 16.7. The molecule has 3 nitrogen and oxygen atoms in total. The van der Waals surface area contributed by atoms with E-state index < -0.39 is 0 Å². The smallest absolute Gasteiger partial charge is 0.411 e. The zero-order valence-corrected chi connectivity index (χ0v) is 48.6. The molecule has 0 amide bonds. The van der Waals surface area contributed by atoms with E-state index in [0.29, 0.717) is 13.0 Å². The van der Waals surface area contributed by atoms with Crippen molar-refractivity contribution >= 4 is 87.5 Å². The second kappa shape index (κ2) is 48.8. The average Bonchev–Trinajstić information content (AvgIpc) is 3.24. The molecule has 1 radical (unpaired) electrons. The molecule has 61 heavy (non-hydrogen) atoms. The summed E-state index contributed by atoms with van der Waals surface area (Å²) >= 11 is 31.9. The maximum absolute atomic E-state index is 5.32. The number of hydrogen-bond acceptors (Lipinski definition) is 6. The molecule has 363 valence electrons. The summed E-state index contributed by atoms with van der Waals surface area (Å²) in [6.45, 7) is 33.8. The Labute approximate surface area is 428 Å². The van der Waals surface area contributed by atoms with Gasteiger partial charge in [-0.2, -0.15) is 0 Å². The number of hydrogen-bond donors (Lipinski definition) is 0. The first-order valence-electron chi connectivity index (χ1n) is 25.6. The zero-order chi connectivity index (χ0) is 46.1. The van der Waals surface area contributed by atoms with Gasteiger partial charge in [-0.05, 0) is 74.0 Å². The average molecular weight is 1000 g/mol. The third kappa shape index (κ3) is 39.7. The van der Waals surface area contributed by atoms with Crippen LogP contribution in [0, 0.1) is 35.5 Å². The molecule has 0 fully saturated rings. The molecule has 0 heterocycles. The third-order valence-corrected chi connectivity index (χ3v) is 14.5. The van der Waals surface area contributed by atoms with Crippen molar-refractivity contribution in [3.8, 4) is 0 Å². The van der Waals surface area contributed by atoms with Gasteiger partial charge in [0.25, 0.3) is 0 Å². The van der Waals surface area contributed by atoms with Gasteiger partial charge in [-0.3, -0.25) is 0 Å². The van der Waals surface area contributed by atoms with Crippen LogP contribution in [0.5, 0.6) is 0 Å². The van der Waals surface area contributed by atoms with E-state index in [1.54, 1.807) is 0 Å². The van der Waals surface area contributed by atoms with E-state index >= 15 is 0 Å². The Morgan fingerprint density at radius 2 is 0.443 bits per heavy atom. The Hall–Kier alpha value is 0.862. The van der Waals surface area contributed by atoms with Crippen molar-refractivity contribution in [1.82, 2.24) is 14.7 Å². The molecule has 0 aliphatic rings. The van der Waals surface area contributed by atoms with Gasteiger partial charge >= 0.3 is 17.4 Å². The van der Waals surface area contributed by atoms with Crippen LogP contribution in [0.15, 0.2) is 0 Å². The molecule has 10 heteroatoms. The Balaban J connectivity index is -0.000000396. The molecule has 6 unspecified atom stereocenters. The van der Waals surface area contributed by atoms with Crippen molar-refractivity contribution in [2.24, 2.45) is 35.5 Å². The summed E-state index contributed by atoms with van der Waals surface area (Å²) in [7, 11) is 0. The van der Waals surface area contributed by atoms with Gasteiger partial charge in [-0.1, -0.05) is 212 Å². The summed E-state index contributed by atoms with van der Waals surface area (Å²) in [4.78, 5) is 6.91. The minimum Gasteiger partial charge on any atom is -0.411 e. The molecule has 0 aromatic heterocycles. The minimum atomic E-state index is 0. The maximum Gasteiger partial charge on any atom is 3.00 e. The van der Waals surface area contributed by atoms with E-state index in [-0.39, 0.29) is 17.4 Å². The van der Waals surface area contributed by atoms with Gasteiger partial charge < -0.3 is 89.2 Å². The van der Waals surface area contributed by atoms with Crippen LogP contribution >= 0.6 is 36.7 Å². The van der Waals surface area contributed by atoms with Gasteiger partial charge in [-0.15, -0.1) is 0 Å². The van der Waals surface area contributed by atoms with Gasteiger partial charge in [0.2, 0.25) is 0 Å². The Kier molecular flexibility index (Phi) is 54.7. The summed E-state index contributed by atoms with van der Waals surface area (Å²) in [6, 6.07) is 0. The summed E-state index contributed by atoms with van der Waals surface area (Å²) in [5.74, 6) is 4.50. The van der Waals surface area contributed by atoms with Crippen LogP contribution in [0.1, 0.15) is 237 Å². The SMILES string of the molecule is CCCCC(CC)CN(CC(CC)CCCC)C(=S)[S-].CCCCC(CC)CN(CC(CC)CCCC)C(=S)[S-].CCCCC(CC)CN(CC(CC)CCCC)C(=S)[S-].[Cr+3]. The first-order chi connectivity index (χ1) is 28.7. The van der Waals surface area contributed by atoms with Crippen molar-refractivity contribution in [3.05, 3.63) is 0 Å². The van der Waals surface area contributed by atoms with Crippen molar-refractivity contribution in [2.75, 3.05) is 39.3 Å². The van der Waals surface area contributed by atoms with Gasteiger partial charge in [0.1, 0.15) is 0 Å². The van der Waals surface area contributed by atoms with Crippen LogP contribution in [0.2, 0.25) is 0 Å². The van der Waals surface area contributed by atoms with Gasteiger partial charge in [0.15, 0.2) is 0 Å². The molecule has 0 saturated heterocycles. The Bertz CT molecular complexity index is 802. The van der Waals surface area contributed by atoms with Crippen LogP contribution in [0.25, 0.3) is 0 Å². The number of unbranched alkanes of at least 4 members (excludes halogenated alkanes) is 6. The van der Waals surface area contributed by atoms with Crippen LogP contribution in [-0.4, -0.2) is 66.9 Å². The van der Waals surface area contributed by atoms with Crippen LogP contribution in [-0.2, 0) is 55.2 Å². The zero-order valence-electron chi connectivity index (χ0n) is 42.4. The maximum atomic E-state index is 5.32. The fourth-order valence-electron chi connectivity index (χ4n) is 8.04. The van der Waals surface area contributed by atoms with E-state index in [2.05, 4.69) is 97.8 Å². The Morgan fingerprint density at radius 1 is 0.311 bits per heavy atom. The number of rotatable bonds is 36. The molecule has 0 bridgehead atoms. The molecule has 0 aromatic carbocycles. The number of thiocarbonyl (C=S) groups is 3. The van der Waals surface area contributed by atoms with Crippen LogP contribution in [0.4, 0.5) is 0 Å². The minimum absolute atomic E-state index is 0. The van der Waals surface area contributed by atoms with E-state index in [1.807, 2.05) is 0 Å². The fraction of sp³-hybridized carbons (Fsp3) is 0.941. The van der Waals surface area contributed by atoms with Crippen LogP contribution < -0.4 is 0 Å². The third-order valence-electron chi connectivity index (χ3n) is 12.9. The summed E-state index contributed by atoms with van der Waals surface area (Å²) in [5, 5.41) is 0. The molecule has 0 aliphatic carbocycles. The predicted molar refractivity (Wildman–Crippen MR) is 294 cm³/mol. The van der Waals surface area contributed by atoms with Crippen molar-refractivity contribution in [2.45, 2.75) is 237 Å². The van der Waals surface area contributed by atoms with E-state index in [0.717, 1.165) is 74.8 Å².